The van der Waals surface area contributed by atoms with Gasteiger partial charge in [-0.1, -0.05) is 0 Å². The summed E-state index contributed by atoms with van der Waals surface area (Å²) in [5.74, 6) is 0. The van der Waals surface area contributed by atoms with E-state index in [0.717, 1.165) is 29.7 Å². The minimum Gasteiger partial charge on any atom is -0.374 e. The highest BCUT2D eigenvalue weighted by molar-refractivity contribution is 9.10. The van der Waals surface area contributed by atoms with Crippen LogP contribution in [-0.4, -0.2) is 42.3 Å². The van der Waals surface area contributed by atoms with E-state index in [9.17, 15) is 4.79 Å². The van der Waals surface area contributed by atoms with Crippen LogP contribution in [0.25, 0.3) is 0 Å². The number of morpholine rings is 1. The van der Waals surface area contributed by atoms with Gasteiger partial charge in [-0.3, -0.25) is 4.79 Å². The summed E-state index contributed by atoms with van der Waals surface area (Å²) in [4.78, 5) is 14.2. The molecule has 5 heteroatoms. The number of hydrogen-bond donors (Lipinski definition) is 0. The molecule has 0 radical (unpaired) electrons. The molecule has 0 N–H and O–H groups in total. The van der Waals surface area contributed by atoms with Gasteiger partial charge in [-0.05, 0) is 36.0 Å². The Labute approximate surface area is 109 Å². The molecule has 2 rings (SSSR count). The monoisotopic (exact) mass is 300 g/mol. The highest BCUT2D eigenvalue weighted by Crippen LogP contribution is 2.10. The van der Waals surface area contributed by atoms with Gasteiger partial charge in [0.1, 0.15) is 0 Å². The topological polar surface area (TPSA) is 34.5 Å². The molecule has 0 saturated carbocycles. The lowest BCUT2D eigenvalue weighted by atomic mass is 10.2. The van der Waals surface area contributed by atoms with E-state index in [-0.39, 0.29) is 11.7 Å². The van der Waals surface area contributed by atoms with E-state index in [1.807, 2.05) is 19.2 Å². The lowest BCUT2D eigenvalue weighted by Gasteiger charge is -2.30. The average molecular weight is 301 g/mol. The van der Waals surface area contributed by atoms with Crippen molar-refractivity contribution in [2.75, 3.05) is 26.7 Å². The second kappa shape index (κ2) is 5.33. The van der Waals surface area contributed by atoms with Gasteiger partial charge in [-0.25, -0.2) is 0 Å². The highest BCUT2D eigenvalue weighted by Gasteiger charge is 2.18. The van der Waals surface area contributed by atoms with Crippen LogP contribution in [-0.2, 0) is 11.3 Å². The smallest absolute Gasteiger partial charge is 0.253 e. The van der Waals surface area contributed by atoms with Crippen LogP contribution in [0.15, 0.2) is 21.5 Å². The first-order chi connectivity index (χ1) is 8.06. The fourth-order valence-corrected chi connectivity index (χ4v) is 2.66. The van der Waals surface area contributed by atoms with Crippen LogP contribution in [0.2, 0.25) is 0 Å². The van der Waals surface area contributed by atoms with Crippen molar-refractivity contribution in [3.05, 3.63) is 32.7 Å². The van der Waals surface area contributed by atoms with E-state index in [0.29, 0.717) is 6.54 Å². The molecule has 17 heavy (non-hydrogen) atoms. The van der Waals surface area contributed by atoms with Gasteiger partial charge < -0.3 is 14.2 Å². The minimum absolute atomic E-state index is 0.0602. The first-order valence-corrected chi connectivity index (χ1v) is 6.52. The van der Waals surface area contributed by atoms with Gasteiger partial charge in [-0.2, -0.15) is 0 Å². The van der Waals surface area contributed by atoms with E-state index in [1.165, 1.54) is 0 Å². The molecule has 1 aliphatic heterocycles. The zero-order valence-electron chi connectivity index (χ0n) is 10.1. The predicted molar refractivity (Wildman–Crippen MR) is 70.4 cm³/mol. The van der Waals surface area contributed by atoms with Crippen molar-refractivity contribution in [1.82, 2.24) is 9.47 Å². The second-order valence-electron chi connectivity index (χ2n) is 4.55. The Hall–Kier alpha value is -0.650. The molecule has 1 saturated heterocycles. The maximum Gasteiger partial charge on any atom is 0.253 e. The largest absolute Gasteiger partial charge is 0.374 e. The molecule has 1 aromatic heterocycles. The SMILES string of the molecule is Cc1cc(Br)cn(CC2CN(C)CCO2)c1=O. The standard InChI is InChI=1S/C12H17BrN2O2/c1-9-5-10(13)6-15(12(9)16)8-11-7-14(2)3-4-17-11/h5-6,11H,3-4,7-8H2,1-2H3. The van der Waals surface area contributed by atoms with Crippen molar-refractivity contribution in [2.45, 2.75) is 19.6 Å². The summed E-state index contributed by atoms with van der Waals surface area (Å²) in [7, 11) is 2.07. The number of nitrogens with zero attached hydrogens (tertiary/aromatic N) is 2. The molecule has 1 aromatic rings. The number of rotatable bonds is 2. The van der Waals surface area contributed by atoms with E-state index in [1.54, 1.807) is 4.57 Å². The number of aromatic nitrogens is 1. The molecule has 2 heterocycles. The third-order valence-electron chi connectivity index (χ3n) is 2.97. The van der Waals surface area contributed by atoms with Crippen molar-refractivity contribution >= 4 is 15.9 Å². The Morgan fingerprint density at radius 2 is 2.35 bits per heavy atom. The first kappa shape index (κ1) is 12.8. The normalized spacial score (nSPS) is 21.7. The fraction of sp³-hybridized carbons (Fsp3) is 0.583. The Kier molecular flexibility index (Phi) is 4.01. The minimum atomic E-state index is 0.0602. The van der Waals surface area contributed by atoms with Gasteiger partial charge in [0, 0.05) is 29.3 Å². The predicted octanol–water partition coefficient (Wildman–Crippen LogP) is 1.25. The van der Waals surface area contributed by atoms with Crippen molar-refractivity contribution in [2.24, 2.45) is 0 Å². The Morgan fingerprint density at radius 1 is 1.59 bits per heavy atom. The zero-order valence-corrected chi connectivity index (χ0v) is 11.7. The van der Waals surface area contributed by atoms with Crippen LogP contribution < -0.4 is 5.56 Å². The molecule has 1 atom stereocenters. The molecule has 0 spiro atoms. The number of ether oxygens (including phenoxy) is 1. The summed E-state index contributed by atoms with van der Waals surface area (Å²) in [5, 5.41) is 0. The van der Waals surface area contributed by atoms with Crippen molar-refractivity contribution in [1.29, 1.82) is 0 Å². The molecule has 1 unspecified atom stereocenters. The van der Waals surface area contributed by atoms with Gasteiger partial charge in [0.15, 0.2) is 0 Å². The van der Waals surface area contributed by atoms with Crippen LogP contribution in [0.5, 0.6) is 0 Å². The average Bonchev–Trinajstić information content (AvgIpc) is 2.25. The molecular weight excluding hydrogens is 284 g/mol. The molecule has 0 amide bonds. The summed E-state index contributed by atoms with van der Waals surface area (Å²) in [6, 6.07) is 1.84. The first-order valence-electron chi connectivity index (χ1n) is 5.73. The molecule has 1 aliphatic rings. The quantitative estimate of drug-likeness (QED) is 0.824. The number of pyridine rings is 1. The second-order valence-corrected chi connectivity index (χ2v) is 5.47. The molecule has 0 aliphatic carbocycles. The molecule has 4 nitrogen and oxygen atoms in total. The van der Waals surface area contributed by atoms with Gasteiger partial charge in [0.05, 0.1) is 19.3 Å². The summed E-state index contributed by atoms with van der Waals surface area (Å²) in [5.41, 5.74) is 0.813. The van der Waals surface area contributed by atoms with Crippen LogP contribution in [0.3, 0.4) is 0 Å². The Balaban J connectivity index is 2.15. The van der Waals surface area contributed by atoms with Crippen molar-refractivity contribution < 1.29 is 4.74 Å². The summed E-state index contributed by atoms with van der Waals surface area (Å²) in [6.07, 6.45) is 1.92. The Bertz CT molecular complexity index is 458. The molecule has 0 aromatic carbocycles. The number of aryl methyl sites for hydroxylation is 1. The van der Waals surface area contributed by atoms with E-state index in [4.69, 9.17) is 4.74 Å². The molecule has 1 fully saturated rings. The van der Waals surface area contributed by atoms with E-state index >= 15 is 0 Å². The number of halogens is 1. The highest BCUT2D eigenvalue weighted by atomic mass is 79.9. The fourth-order valence-electron chi connectivity index (χ4n) is 2.07. The molecule has 0 bridgehead atoms. The van der Waals surface area contributed by atoms with Crippen molar-refractivity contribution in [3.63, 3.8) is 0 Å². The van der Waals surface area contributed by atoms with Crippen LogP contribution in [0.4, 0.5) is 0 Å². The zero-order chi connectivity index (χ0) is 12.4. The molecular formula is C12H17BrN2O2. The lowest BCUT2D eigenvalue weighted by Crippen LogP contribution is -2.43. The van der Waals surface area contributed by atoms with Gasteiger partial charge >= 0.3 is 0 Å². The van der Waals surface area contributed by atoms with E-state index in [2.05, 4.69) is 27.9 Å². The third kappa shape index (κ3) is 3.18. The summed E-state index contributed by atoms with van der Waals surface area (Å²) >= 11 is 3.41. The van der Waals surface area contributed by atoms with Crippen LogP contribution in [0, 0.1) is 6.92 Å². The van der Waals surface area contributed by atoms with Gasteiger partial charge in [-0.15, -0.1) is 0 Å². The van der Waals surface area contributed by atoms with Gasteiger partial charge in [0.2, 0.25) is 0 Å². The maximum absolute atomic E-state index is 11.9. The van der Waals surface area contributed by atoms with E-state index < -0.39 is 0 Å². The summed E-state index contributed by atoms with van der Waals surface area (Å²) in [6.45, 7) is 5.02. The van der Waals surface area contributed by atoms with Gasteiger partial charge in [0.25, 0.3) is 5.56 Å². The van der Waals surface area contributed by atoms with Crippen LogP contribution in [0.1, 0.15) is 5.56 Å². The third-order valence-corrected chi connectivity index (χ3v) is 3.41. The summed E-state index contributed by atoms with van der Waals surface area (Å²) < 4.78 is 8.33. The Morgan fingerprint density at radius 3 is 3.06 bits per heavy atom. The van der Waals surface area contributed by atoms with Crippen molar-refractivity contribution in [3.8, 4) is 0 Å². The number of likely N-dealkylation sites (N-methyl/N-ethyl adjacent to an activating group) is 1. The molecule has 94 valence electrons. The maximum atomic E-state index is 11.9. The lowest BCUT2D eigenvalue weighted by molar-refractivity contribution is -0.0279. The van der Waals surface area contributed by atoms with Crippen LogP contribution >= 0.6 is 15.9 Å². The number of hydrogen-bond acceptors (Lipinski definition) is 3.